The van der Waals surface area contributed by atoms with Crippen LogP contribution in [-0.2, 0) is 5.54 Å². The summed E-state index contributed by atoms with van der Waals surface area (Å²) in [6.07, 6.45) is 3.48. The van der Waals surface area contributed by atoms with E-state index in [2.05, 4.69) is 37.2 Å². The fraction of sp³-hybridized carbons (Fsp3) is 0.706. The van der Waals surface area contributed by atoms with Crippen LogP contribution in [0.15, 0.2) is 12.5 Å². The molecule has 0 atom stereocenters. The van der Waals surface area contributed by atoms with Crippen LogP contribution in [0.1, 0.15) is 68.0 Å². The molecule has 0 radical (unpaired) electrons. The van der Waals surface area contributed by atoms with E-state index in [-0.39, 0.29) is 5.54 Å². The van der Waals surface area contributed by atoms with E-state index in [1.807, 2.05) is 46.1 Å². The zero-order valence-corrected chi connectivity index (χ0v) is 15.9. The van der Waals surface area contributed by atoms with Crippen molar-refractivity contribution in [2.45, 2.75) is 77.9 Å². The van der Waals surface area contributed by atoms with Crippen molar-refractivity contribution in [3.63, 3.8) is 0 Å². The molecule has 1 aromatic heterocycles. The fourth-order valence-corrected chi connectivity index (χ4v) is 5.87. The molecule has 1 aromatic rings. The van der Waals surface area contributed by atoms with Gasteiger partial charge >= 0.3 is 8.41 Å². The molecule has 1 rings (SSSR count). The van der Waals surface area contributed by atoms with Gasteiger partial charge < -0.3 is 4.57 Å². The topological polar surface area (TPSA) is 17.8 Å². The van der Waals surface area contributed by atoms with E-state index in [0.717, 1.165) is 5.69 Å². The summed E-state index contributed by atoms with van der Waals surface area (Å²) in [7, 11) is -3.29. The number of hydrogen-bond donors (Lipinski definition) is 0. The molecule has 2 nitrogen and oxygen atoms in total. The first-order chi connectivity index (χ1) is 9.20. The molecular weight excluding hydrogens is 279 g/mol. The largest absolute Gasteiger partial charge is 0.333 e. The van der Waals surface area contributed by atoms with E-state index in [1.165, 1.54) is 0 Å². The van der Waals surface area contributed by atoms with Crippen molar-refractivity contribution in [1.82, 2.24) is 9.55 Å². The van der Waals surface area contributed by atoms with Gasteiger partial charge in [-0.15, -0.1) is 0 Å². The minimum atomic E-state index is -3.29. The van der Waals surface area contributed by atoms with Gasteiger partial charge in [-0.1, -0.05) is 53.0 Å². The number of nitrogens with zero attached hydrogens (tertiary/aromatic N) is 2. The van der Waals surface area contributed by atoms with Crippen molar-refractivity contribution in [2.24, 2.45) is 0 Å². The van der Waals surface area contributed by atoms with Crippen LogP contribution in [0.2, 0.25) is 10.1 Å². The molecule has 0 amide bonds. The smallest absolute Gasteiger partial charge is 0.319 e. The number of aromatic nitrogens is 2. The van der Waals surface area contributed by atoms with Crippen molar-refractivity contribution in [3.8, 4) is 11.5 Å². The van der Waals surface area contributed by atoms with Gasteiger partial charge in [0.1, 0.15) is 5.69 Å². The summed E-state index contributed by atoms with van der Waals surface area (Å²) in [5.41, 5.74) is 3.73. The molecule has 0 fully saturated rings. The average molecular weight is 309 g/mol. The zero-order valence-electron chi connectivity index (χ0n) is 14.9. The quantitative estimate of drug-likeness (QED) is 0.373. The Morgan fingerprint density at radius 3 is 1.86 bits per heavy atom. The summed E-state index contributed by atoms with van der Waals surface area (Å²) in [5, 5.41) is -0.852. The minimum absolute atomic E-state index is 0.107. The molecule has 0 spiro atoms. The fourth-order valence-electron chi connectivity index (χ4n) is 2.57. The lowest BCUT2D eigenvalue weighted by atomic mass is 10.1. The average Bonchev–Trinajstić information content (AvgIpc) is 2.70. The SMILES string of the molecule is CC(C)(C)n1cncc1C#C[Si](F)(C(C)(C)C)C(C)(C)C. The molecule has 0 saturated carbocycles. The number of hydrogen-bond acceptors (Lipinski definition) is 1. The Balaban J connectivity index is 3.36. The van der Waals surface area contributed by atoms with E-state index < -0.39 is 18.5 Å². The molecule has 0 bridgehead atoms. The summed E-state index contributed by atoms with van der Waals surface area (Å²) in [6, 6.07) is 0. The molecule has 21 heavy (non-hydrogen) atoms. The second-order valence-corrected chi connectivity index (χ2v) is 13.3. The molecule has 0 saturated heterocycles. The minimum Gasteiger partial charge on any atom is -0.319 e. The molecule has 0 aliphatic rings. The monoisotopic (exact) mass is 308 g/mol. The third kappa shape index (κ3) is 3.57. The van der Waals surface area contributed by atoms with Gasteiger partial charge in [-0.05, 0) is 30.8 Å². The van der Waals surface area contributed by atoms with Crippen molar-refractivity contribution in [3.05, 3.63) is 18.2 Å². The highest BCUT2D eigenvalue weighted by Crippen LogP contribution is 2.51. The lowest BCUT2D eigenvalue weighted by molar-refractivity contribution is 0.393. The molecule has 0 aromatic carbocycles. The summed E-state index contributed by atoms with van der Waals surface area (Å²) >= 11 is 0. The number of rotatable bonds is 0. The van der Waals surface area contributed by atoms with Gasteiger partial charge in [0, 0.05) is 5.54 Å². The zero-order chi connectivity index (χ0) is 16.7. The van der Waals surface area contributed by atoms with Crippen LogP contribution in [0.5, 0.6) is 0 Å². The van der Waals surface area contributed by atoms with Crippen LogP contribution < -0.4 is 0 Å². The van der Waals surface area contributed by atoms with Gasteiger partial charge in [-0.3, -0.25) is 4.11 Å². The van der Waals surface area contributed by atoms with E-state index in [0.29, 0.717) is 0 Å². The van der Waals surface area contributed by atoms with Crippen LogP contribution in [0, 0.1) is 11.5 Å². The van der Waals surface area contributed by atoms with E-state index in [1.54, 1.807) is 12.5 Å². The van der Waals surface area contributed by atoms with Crippen molar-refractivity contribution in [1.29, 1.82) is 0 Å². The normalized spacial score (nSPS) is 13.8. The Hall–Kier alpha value is -1.08. The Bertz CT molecular complexity index is 543. The van der Waals surface area contributed by atoms with Gasteiger partial charge in [0.25, 0.3) is 0 Å². The lowest BCUT2D eigenvalue weighted by Crippen LogP contribution is -2.47. The van der Waals surface area contributed by atoms with E-state index in [9.17, 15) is 0 Å². The van der Waals surface area contributed by atoms with Crippen LogP contribution in [0.3, 0.4) is 0 Å². The first-order valence-electron chi connectivity index (χ1n) is 7.45. The van der Waals surface area contributed by atoms with Crippen LogP contribution in [-0.4, -0.2) is 18.0 Å². The van der Waals surface area contributed by atoms with Gasteiger partial charge in [0.15, 0.2) is 0 Å². The maximum Gasteiger partial charge on any atom is 0.333 e. The maximum atomic E-state index is 15.8. The number of halogens is 1. The molecule has 0 aliphatic carbocycles. The van der Waals surface area contributed by atoms with Gasteiger partial charge in [-0.25, -0.2) is 4.98 Å². The Kier molecular flexibility index (Phi) is 4.52. The van der Waals surface area contributed by atoms with Crippen LogP contribution in [0.4, 0.5) is 4.11 Å². The van der Waals surface area contributed by atoms with E-state index >= 15 is 4.11 Å². The Morgan fingerprint density at radius 1 is 1.00 bits per heavy atom. The molecule has 0 aliphatic heterocycles. The van der Waals surface area contributed by atoms with Crippen molar-refractivity contribution in [2.75, 3.05) is 0 Å². The summed E-state index contributed by atoms with van der Waals surface area (Å²) in [5.74, 6) is 3.09. The highest BCUT2D eigenvalue weighted by Gasteiger charge is 2.54. The summed E-state index contributed by atoms with van der Waals surface area (Å²) < 4.78 is 17.8. The maximum absolute atomic E-state index is 15.8. The first kappa shape index (κ1) is 18.0. The van der Waals surface area contributed by atoms with Crippen molar-refractivity contribution >= 4 is 8.41 Å². The van der Waals surface area contributed by atoms with Gasteiger partial charge in [0.05, 0.1) is 12.5 Å². The third-order valence-corrected chi connectivity index (χ3v) is 8.39. The van der Waals surface area contributed by atoms with Gasteiger partial charge in [-0.2, -0.15) is 0 Å². The molecule has 0 unspecified atom stereocenters. The first-order valence-corrected chi connectivity index (χ1v) is 9.33. The van der Waals surface area contributed by atoms with Crippen LogP contribution >= 0.6 is 0 Å². The Labute approximate surface area is 130 Å². The molecular formula is C17H29FN2Si. The standard InChI is InChI=1S/C17H29FN2Si/c1-15(2,3)20-13-19-12-14(20)10-11-21(18,16(4,5)6)17(7,8)9/h12-13H,1-9H3. The highest BCUT2D eigenvalue weighted by molar-refractivity contribution is 6.86. The molecule has 1 heterocycles. The molecule has 118 valence electrons. The third-order valence-electron chi connectivity index (χ3n) is 3.79. The van der Waals surface area contributed by atoms with Gasteiger partial charge in [0.2, 0.25) is 0 Å². The van der Waals surface area contributed by atoms with E-state index in [4.69, 9.17) is 0 Å². The second kappa shape index (κ2) is 5.28. The van der Waals surface area contributed by atoms with Crippen LogP contribution in [0.25, 0.3) is 0 Å². The molecule has 0 N–H and O–H groups in total. The Morgan fingerprint density at radius 2 is 1.48 bits per heavy atom. The lowest BCUT2D eigenvalue weighted by Gasteiger charge is -2.40. The predicted molar refractivity (Wildman–Crippen MR) is 90.4 cm³/mol. The highest BCUT2D eigenvalue weighted by atomic mass is 28.4. The second-order valence-electron chi connectivity index (χ2n) is 8.73. The number of imidazole rings is 1. The predicted octanol–water partition coefficient (Wildman–Crippen LogP) is 5.04. The van der Waals surface area contributed by atoms with Crippen molar-refractivity contribution < 1.29 is 4.11 Å². The molecule has 4 heteroatoms. The summed E-state index contributed by atoms with van der Waals surface area (Å²) in [4.78, 5) is 4.17. The summed E-state index contributed by atoms with van der Waals surface area (Å²) in [6.45, 7) is 18.0.